The van der Waals surface area contributed by atoms with Gasteiger partial charge >= 0.3 is 0 Å². The first-order valence-electron chi connectivity index (χ1n) is 16.0. The van der Waals surface area contributed by atoms with Crippen molar-refractivity contribution in [2.75, 3.05) is 20.2 Å². The molecular weight excluding hydrogens is 593 g/mol. The second kappa shape index (κ2) is 14.1. The van der Waals surface area contributed by atoms with Crippen LogP contribution in [0.3, 0.4) is 0 Å². The van der Waals surface area contributed by atoms with Crippen LogP contribution in [0.25, 0.3) is 11.1 Å². The van der Waals surface area contributed by atoms with E-state index in [9.17, 15) is 14.4 Å². The summed E-state index contributed by atoms with van der Waals surface area (Å²) in [6, 6.07) is 31.6. The maximum atomic E-state index is 15.6. The number of hydrogen-bond donors (Lipinski definition) is 1. The average Bonchev–Trinajstić information content (AvgIpc) is 3.42. The molecule has 0 aliphatic carbocycles. The molecule has 0 spiro atoms. The van der Waals surface area contributed by atoms with Crippen molar-refractivity contribution >= 4 is 28.9 Å². The zero-order chi connectivity index (χ0) is 32.9. The zero-order valence-corrected chi connectivity index (χ0v) is 26.7. The number of ether oxygens (including phenoxy) is 1. The Kier molecular flexibility index (Phi) is 9.59. The summed E-state index contributed by atoms with van der Waals surface area (Å²) in [5.74, 6) is -0.929. The van der Waals surface area contributed by atoms with Gasteiger partial charge in [-0.3, -0.25) is 24.6 Å². The molecule has 3 amide bonds. The number of nitrogens with zero attached hydrogens (tertiary/aromatic N) is 2. The van der Waals surface area contributed by atoms with Crippen molar-refractivity contribution in [3.05, 3.63) is 136 Å². The Bertz CT molecular complexity index is 1810. The van der Waals surface area contributed by atoms with Crippen molar-refractivity contribution in [2.45, 2.75) is 45.3 Å². The predicted octanol–water partition coefficient (Wildman–Crippen LogP) is 6.47. The van der Waals surface area contributed by atoms with Gasteiger partial charge in [0.15, 0.2) is 0 Å². The predicted molar refractivity (Wildman–Crippen MR) is 180 cm³/mol. The molecule has 1 N–H and O–H groups in total. The number of amides is 3. The lowest BCUT2D eigenvalue weighted by Gasteiger charge is -2.29. The smallest absolute Gasteiger partial charge is 0.255 e. The van der Waals surface area contributed by atoms with Gasteiger partial charge in [-0.25, -0.2) is 4.39 Å². The highest BCUT2D eigenvalue weighted by Gasteiger charge is 2.40. The molecule has 7 nitrogen and oxygen atoms in total. The van der Waals surface area contributed by atoms with Gasteiger partial charge in [-0.1, -0.05) is 85.8 Å². The van der Waals surface area contributed by atoms with E-state index in [1.54, 1.807) is 12.1 Å². The number of likely N-dealkylation sites (N-methyl/N-ethyl adjacent to an activating group) is 1. The number of carbonyl (C=O) groups excluding carboxylic acids is 3. The number of nitrogens with one attached hydrogen (secondary N) is 1. The summed E-state index contributed by atoms with van der Waals surface area (Å²) in [6.07, 6.45) is 1.28. The van der Waals surface area contributed by atoms with Crippen molar-refractivity contribution in [1.29, 1.82) is 0 Å². The molecule has 2 aliphatic heterocycles. The van der Waals surface area contributed by atoms with Crippen LogP contribution >= 0.6 is 0 Å². The monoisotopic (exact) mass is 631 g/mol. The summed E-state index contributed by atoms with van der Waals surface area (Å²) in [5.41, 5.74) is 6.99. The van der Waals surface area contributed by atoms with E-state index < -0.39 is 17.8 Å². The third-order valence-electron chi connectivity index (χ3n) is 8.89. The maximum Gasteiger partial charge on any atom is 0.255 e. The second-order valence-electron chi connectivity index (χ2n) is 12.0. The fourth-order valence-electron chi connectivity index (χ4n) is 6.47. The van der Waals surface area contributed by atoms with Gasteiger partial charge in [-0.2, -0.15) is 0 Å². The summed E-state index contributed by atoms with van der Waals surface area (Å²) < 4.78 is 21.7. The number of fused-ring (bicyclic) bond motifs is 1. The van der Waals surface area contributed by atoms with E-state index in [1.165, 1.54) is 21.6 Å². The zero-order valence-electron chi connectivity index (χ0n) is 26.7. The Hall–Kier alpha value is -5.08. The highest BCUT2D eigenvalue weighted by molar-refractivity contribution is 6.05. The van der Waals surface area contributed by atoms with Crippen LogP contribution < -0.4 is 10.1 Å². The Morgan fingerprint density at radius 3 is 2.21 bits per heavy atom. The van der Waals surface area contributed by atoms with Crippen molar-refractivity contribution in [3.8, 4) is 5.75 Å². The fourth-order valence-corrected chi connectivity index (χ4v) is 6.47. The van der Waals surface area contributed by atoms with Crippen molar-refractivity contribution in [3.63, 3.8) is 0 Å². The van der Waals surface area contributed by atoms with E-state index in [0.717, 1.165) is 23.3 Å². The normalized spacial score (nSPS) is 16.6. The standard InChI is InChI=1S/C39H38FN3O4/c1-3-31(26-10-6-4-7-11-26)36(27-12-8-5-9-13-27)28-14-17-30(18-15-28)47-23-22-42(2)24-29-16-19-32-33(37(29)40)25-43(39(32)46)34-20-21-35(44)41-38(34)45/h4-19,34H,3,20-25H2,1-2H3,(H,41,44,45)/b36-31-. The number of halogens is 1. The topological polar surface area (TPSA) is 79.0 Å². The Balaban J connectivity index is 1.09. The van der Waals surface area contributed by atoms with Crippen LogP contribution in [0.1, 0.15) is 64.4 Å². The summed E-state index contributed by atoms with van der Waals surface area (Å²) in [6.45, 7) is 3.50. The number of imide groups is 1. The molecule has 1 atom stereocenters. The van der Waals surface area contributed by atoms with Crippen LogP contribution in [0.2, 0.25) is 0 Å². The molecule has 2 aliphatic rings. The minimum atomic E-state index is -0.775. The summed E-state index contributed by atoms with van der Waals surface area (Å²) >= 11 is 0. The van der Waals surface area contributed by atoms with Crippen molar-refractivity contribution in [1.82, 2.24) is 15.1 Å². The Morgan fingerprint density at radius 1 is 0.894 bits per heavy atom. The third kappa shape index (κ3) is 6.88. The lowest BCUT2D eigenvalue weighted by Crippen LogP contribution is -2.52. The first kappa shape index (κ1) is 31.9. The van der Waals surface area contributed by atoms with Crippen LogP contribution in [0, 0.1) is 5.82 Å². The first-order valence-corrected chi connectivity index (χ1v) is 16.0. The number of piperidine rings is 1. The average molecular weight is 632 g/mol. The lowest BCUT2D eigenvalue weighted by atomic mass is 9.88. The molecule has 47 heavy (non-hydrogen) atoms. The highest BCUT2D eigenvalue weighted by Crippen LogP contribution is 2.35. The van der Waals surface area contributed by atoms with Crippen molar-refractivity contribution in [2.24, 2.45) is 0 Å². The van der Waals surface area contributed by atoms with Gasteiger partial charge in [-0.15, -0.1) is 0 Å². The van der Waals surface area contributed by atoms with Gasteiger partial charge in [0.25, 0.3) is 5.91 Å². The summed E-state index contributed by atoms with van der Waals surface area (Å²) in [7, 11) is 1.90. The molecule has 1 fully saturated rings. The van der Waals surface area contributed by atoms with Gasteiger partial charge in [0.05, 0.1) is 6.54 Å². The quantitative estimate of drug-likeness (QED) is 0.152. The molecule has 0 bridgehead atoms. The Morgan fingerprint density at radius 2 is 1.55 bits per heavy atom. The molecule has 0 radical (unpaired) electrons. The molecule has 1 saturated heterocycles. The molecule has 240 valence electrons. The molecule has 8 heteroatoms. The van der Waals surface area contributed by atoms with Gasteiger partial charge in [0.1, 0.15) is 24.2 Å². The summed E-state index contributed by atoms with van der Waals surface area (Å²) in [5, 5.41) is 2.28. The first-order chi connectivity index (χ1) is 22.8. The highest BCUT2D eigenvalue weighted by atomic mass is 19.1. The second-order valence-corrected chi connectivity index (χ2v) is 12.0. The lowest BCUT2D eigenvalue weighted by molar-refractivity contribution is -0.136. The Labute approximate surface area is 274 Å². The van der Waals surface area contributed by atoms with E-state index in [-0.39, 0.29) is 36.8 Å². The number of allylic oxidation sites excluding steroid dienone is 1. The van der Waals surface area contributed by atoms with Gasteiger partial charge in [-0.05, 0) is 65.9 Å². The number of rotatable bonds is 11. The van der Waals surface area contributed by atoms with Gasteiger partial charge in [0.2, 0.25) is 11.8 Å². The number of benzene rings is 4. The minimum absolute atomic E-state index is 0.00914. The van der Waals surface area contributed by atoms with Crippen LogP contribution in [-0.2, 0) is 22.7 Å². The van der Waals surface area contributed by atoms with Crippen LogP contribution in [0.4, 0.5) is 4.39 Å². The van der Waals surface area contributed by atoms with Crippen LogP contribution in [0.5, 0.6) is 5.75 Å². The van der Waals surface area contributed by atoms with E-state index in [4.69, 9.17) is 4.74 Å². The molecule has 0 aromatic heterocycles. The number of hydrogen-bond acceptors (Lipinski definition) is 5. The van der Waals surface area contributed by atoms with E-state index in [1.807, 2.05) is 36.2 Å². The van der Waals surface area contributed by atoms with Gasteiger partial charge < -0.3 is 9.64 Å². The summed E-state index contributed by atoms with van der Waals surface area (Å²) in [4.78, 5) is 40.2. The van der Waals surface area contributed by atoms with Crippen LogP contribution in [0.15, 0.2) is 97.1 Å². The molecule has 4 aromatic rings. The van der Waals surface area contributed by atoms with Crippen molar-refractivity contribution < 1.29 is 23.5 Å². The number of carbonyl (C=O) groups is 3. The maximum absolute atomic E-state index is 15.6. The molecule has 1 unspecified atom stereocenters. The largest absolute Gasteiger partial charge is 0.492 e. The fraction of sp³-hybridized carbons (Fsp3) is 0.256. The molecule has 4 aromatic carbocycles. The molecule has 0 saturated carbocycles. The molecule has 2 heterocycles. The molecule has 6 rings (SSSR count). The SMILES string of the molecule is CC/C(=C(\c1ccccc1)c1ccc(OCCN(C)Cc2ccc3c(c2F)CN(C2CCC(=O)NC2=O)C3=O)cc1)c1ccccc1. The third-order valence-corrected chi connectivity index (χ3v) is 8.89. The van der Waals surface area contributed by atoms with E-state index >= 15 is 4.39 Å². The van der Waals surface area contributed by atoms with E-state index in [0.29, 0.717) is 30.8 Å². The molecular formula is C39H38FN3O4. The van der Waals surface area contributed by atoms with Gasteiger partial charge in [0, 0.05) is 36.2 Å². The minimum Gasteiger partial charge on any atom is -0.492 e. The van der Waals surface area contributed by atoms with E-state index in [2.05, 4.69) is 72.9 Å². The van der Waals surface area contributed by atoms with Crippen LogP contribution in [-0.4, -0.2) is 53.8 Å².